The molecule has 1 unspecified atom stereocenters. The van der Waals surface area contributed by atoms with Crippen LogP contribution in [0.2, 0.25) is 0 Å². The topological polar surface area (TPSA) is 21.3 Å². The lowest BCUT2D eigenvalue weighted by Gasteiger charge is -2.26. The van der Waals surface area contributed by atoms with E-state index < -0.39 is 0 Å². The third kappa shape index (κ3) is 3.05. The molecular weight excluding hydrogens is 333 g/mol. The van der Waals surface area contributed by atoms with E-state index in [1.54, 1.807) is 12.1 Å². The standard InChI is InChI=1S/C17H17BrFNO/c1-11-8-14(18)15(19)9-16(11)20-10-12-6-7-21-17-5-3-2-4-13(12)17/h2-5,8-9,12,20H,6-7,10H2,1H3. The summed E-state index contributed by atoms with van der Waals surface area (Å²) in [5, 5.41) is 3.38. The van der Waals surface area contributed by atoms with E-state index in [4.69, 9.17) is 4.74 Å². The van der Waals surface area contributed by atoms with E-state index in [9.17, 15) is 4.39 Å². The minimum atomic E-state index is -0.240. The number of hydrogen-bond acceptors (Lipinski definition) is 2. The molecule has 2 nitrogen and oxygen atoms in total. The maximum atomic E-state index is 13.7. The molecule has 0 saturated carbocycles. The molecule has 1 atom stereocenters. The Morgan fingerprint density at radius 2 is 2.14 bits per heavy atom. The molecule has 1 aliphatic heterocycles. The number of fused-ring (bicyclic) bond motifs is 1. The average molecular weight is 350 g/mol. The highest BCUT2D eigenvalue weighted by Crippen LogP contribution is 2.34. The van der Waals surface area contributed by atoms with Crippen LogP contribution in [0.3, 0.4) is 0 Å². The van der Waals surface area contributed by atoms with E-state index in [2.05, 4.69) is 27.3 Å². The molecule has 110 valence electrons. The van der Waals surface area contributed by atoms with Gasteiger partial charge in [-0.25, -0.2) is 4.39 Å². The molecule has 0 aromatic heterocycles. The van der Waals surface area contributed by atoms with E-state index in [0.717, 1.165) is 36.6 Å². The fourth-order valence-electron chi connectivity index (χ4n) is 2.70. The van der Waals surface area contributed by atoms with Gasteiger partial charge in [0.2, 0.25) is 0 Å². The summed E-state index contributed by atoms with van der Waals surface area (Å²) in [6.07, 6.45) is 0.974. The molecule has 0 amide bonds. The molecule has 0 saturated heterocycles. The SMILES string of the molecule is Cc1cc(Br)c(F)cc1NCC1CCOc2ccccc21. The molecule has 2 aromatic rings. The van der Waals surface area contributed by atoms with Crippen LogP contribution in [0.5, 0.6) is 5.75 Å². The minimum Gasteiger partial charge on any atom is -0.493 e. The van der Waals surface area contributed by atoms with E-state index in [-0.39, 0.29) is 5.82 Å². The van der Waals surface area contributed by atoms with E-state index in [0.29, 0.717) is 10.4 Å². The molecule has 0 bridgehead atoms. The monoisotopic (exact) mass is 349 g/mol. The largest absolute Gasteiger partial charge is 0.493 e. The molecule has 21 heavy (non-hydrogen) atoms. The Kier molecular flexibility index (Phi) is 4.15. The van der Waals surface area contributed by atoms with Gasteiger partial charge >= 0.3 is 0 Å². The lowest BCUT2D eigenvalue weighted by molar-refractivity contribution is 0.270. The summed E-state index contributed by atoms with van der Waals surface area (Å²) in [6, 6.07) is 11.5. The van der Waals surface area contributed by atoms with Crippen molar-refractivity contribution in [1.82, 2.24) is 0 Å². The Morgan fingerprint density at radius 1 is 1.33 bits per heavy atom. The Morgan fingerprint density at radius 3 is 3.00 bits per heavy atom. The van der Waals surface area contributed by atoms with Gasteiger partial charge < -0.3 is 10.1 Å². The number of halogens is 2. The zero-order valence-electron chi connectivity index (χ0n) is 11.8. The van der Waals surface area contributed by atoms with Crippen molar-refractivity contribution in [2.75, 3.05) is 18.5 Å². The molecule has 0 spiro atoms. The number of benzene rings is 2. The van der Waals surface area contributed by atoms with Crippen molar-refractivity contribution in [2.45, 2.75) is 19.3 Å². The first-order chi connectivity index (χ1) is 10.1. The predicted molar refractivity (Wildman–Crippen MR) is 86.6 cm³/mol. The van der Waals surface area contributed by atoms with Gasteiger partial charge in [0.1, 0.15) is 11.6 Å². The maximum absolute atomic E-state index is 13.7. The van der Waals surface area contributed by atoms with Crippen LogP contribution in [0.4, 0.5) is 10.1 Å². The van der Waals surface area contributed by atoms with Crippen LogP contribution in [0.1, 0.15) is 23.5 Å². The molecule has 0 fully saturated rings. The summed E-state index contributed by atoms with van der Waals surface area (Å²) < 4.78 is 19.8. The zero-order valence-corrected chi connectivity index (χ0v) is 13.4. The van der Waals surface area contributed by atoms with Gasteiger partial charge in [0.25, 0.3) is 0 Å². The Labute approximate surface area is 132 Å². The number of ether oxygens (including phenoxy) is 1. The number of hydrogen-bond donors (Lipinski definition) is 1. The summed E-state index contributed by atoms with van der Waals surface area (Å²) in [6.45, 7) is 3.49. The molecule has 1 heterocycles. The van der Waals surface area contributed by atoms with Crippen LogP contribution in [-0.2, 0) is 0 Å². The molecule has 1 N–H and O–H groups in total. The normalized spacial score (nSPS) is 17.0. The third-order valence-electron chi connectivity index (χ3n) is 3.89. The van der Waals surface area contributed by atoms with E-state index in [1.165, 1.54) is 5.56 Å². The summed E-state index contributed by atoms with van der Waals surface area (Å²) in [7, 11) is 0. The fraction of sp³-hybridized carbons (Fsp3) is 0.294. The summed E-state index contributed by atoms with van der Waals surface area (Å²) in [5.41, 5.74) is 3.11. The second-order valence-corrected chi connectivity index (χ2v) is 6.19. The van der Waals surface area contributed by atoms with Gasteiger partial charge in [-0.15, -0.1) is 0 Å². The first kappa shape index (κ1) is 14.4. The number of nitrogens with one attached hydrogen (secondary N) is 1. The van der Waals surface area contributed by atoms with Crippen LogP contribution < -0.4 is 10.1 Å². The van der Waals surface area contributed by atoms with Crippen molar-refractivity contribution in [3.63, 3.8) is 0 Å². The quantitative estimate of drug-likeness (QED) is 0.852. The average Bonchev–Trinajstić information content (AvgIpc) is 2.49. The highest BCUT2D eigenvalue weighted by atomic mass is 79.9. The lowest BCUT2D eigenvalue weighted by atomic mass is 9.93. The smallest absolute Gasteiger partial charge is 0.139 e. The molecule has 0 aliphatic carbocycles. The minimum absolute atomic E-state index is 0.240. The second kappa shape index (κ2) is 6.06. The van der Waals surface area contributed by atoms with Crippen molar-refractivity contribution >= 4 is 21.6 Å². The molecule has 1 aliphatic rings. The molecule has 4 heteroatoms. The summed E-state index contributed by atoms with van der Waals surface area (Å²) in [5.74, 6) is 1.12. The Bertz CT molecular complexity index is 659. The van der Waals surface area contributed by atoms with Crippen molar-refractivity contribution in [1.29, 1.82) is 0 Å². The van der Waals surface area contributed by atoms with E-state index in [1.807, 2.05) is 25.1 Å². The molecule has 3 rings (SSSR count). The van der Waals surface area contributed by atoms with Crippen LogP contribution in [-0.4, -0.2) is 13.2 Å². The number of rotatable bonds is 3. The predicted octanol–water partition coefficient (Wildman–Crippen LogP) is 4.87. The van der Waals surface area contributed by atoms with Crippen LogP contribution in [0, 0.1) is 12.7 Å². The van der Waals surface area contributed by atoms with Crippen molar-refractivity contribution in [3.8, 4) is 5.75 Å². The van der Waals surface area contributed by atoms with Gasteiger partial charge in [-0.3, -0.25) is 0 Å². The van der Waals surface area contributed by atoms with Crippen molar-refractivity contribution in [2.24, 2.45) is 0 Å². The van der Waals surface area contributed by atoms with Gasteiger partial charge in [0.15, 0.2) is 0 Å². The first-order valence-corrected chi connectivity index (χ1v) is 7.85. The fourth-order valence-corrected chi connectivity index (χ4v) is 3.16. The van der Waals surface area contributed by atoms with Gasteiger partial charge in [0.05, 0.1) is 11.1 Å². The Hall–Kier alpha value is -1.55. The molecule has 2 aromatic carbocycles. The second-order valence-electron chi connectivity index (χ2n) is 5.33. The van der Waals surface area contributed by atoms with Crippen LogP contribution in [0.15, 0.2) is 40.9 Å². The first-order valence-electron chi connectivity index (χ1n) is 7.06. The summed E-state index contributed by atoms with van der Waals surface area (Å²) in [4.78, 5) is 0. The number of anilines is 1. The van der Waals surface area contributed by atoms with Crippen LogP contribution in [0.25, 0.3) is 0 Å². The van der Waals surface area contributed by atoms with Gasteiger partial charge in [-0.1, -0.05) is 18.2 Å². The van der Waals surface area contributed by atoms with Crippen LogP contribution >= 0.6 is 15.9 Å². The maximum Gasteiger partial charge on any atom is 0.139 e. The van der Waals surface area contributed by atoms with Gasteiger partial charge in [0, 0.05) is 18.2 Å². The van der Waals surface area contributed by atoms with E-state index >= 15 is 0 Å². The highest BCUT2D eigenvalue weighted by molar-refractivity contribution is 9.10. The summed E-state index contributed by atoms with van der Waals surface area (Å²) >= 11 is 3.21. The third-order valence-corrected chi connectivity index (χ3v) is 4.50. The lowest BCUT2D eigenvalue weighted by Crippen LogP contribution is -2.21. The van der Waals surface area contributed by atoms with Crippen molar-refractivity contribution < 1.29 is 9.13 Å². The number of aryl methyl sites for hydroxylation is 1. The number of para-hydroxylation sites is 1. The Balaban J connectivity index is 1.76. The molecule has 0 radical (unpaired) electrons. The highest BCUT2D eigenvalue weighted by Gasteiger charge is 2.21. The van der Waals surface area contributed by atoms with Gasteiger partial charge in [-0.05, 0) is 58.6 Å². The zero-order chi connectivity index (χ0) is 14.8. The van der Waals surface area contributed by atoms with Gasteiger partial charge in [-0.2, -0.15) is 0 Å². The molecular formula is C17H17BrFNO. The van der Waals surface area contributed by atoms with Crippen molar-refractivity contribution in [3.05, 3.63) is 57.8 Å².